The van der Waals surface area contributed by atoms with Crippen LogP contribution in [0.1, 0.15) is 56.5 Å². The Morgan fingerprint density at radius 3 is 2.79 bits per heavy atom. The Morgan fingerprint density at radius 1 is 1.14 bits per heavy atom. The number of imidazole rings is 1. The smallest absolute Gasteiger partial charge is 0.317 e. The molecular formula is C23H33N5O. The monoisotopic (exact) mass is 395 g/mol. The average Bonchev–Trinajstić information content (AvgIpc) is 3.27. The van der Waals surface area contributed by atoms with E-state index in [2.05, 4.69) is 57.2 Å². The molecule has 2 aliphatic heterocycles. The summed E-state index contributed by atoms with van der Waals surface area (Å²) in [7, 11) is 0. The second-order valence-electron chi connectivity index (χ2n) is 8.18. The summed E-state index contributed by atoms with van der Waals surface area (Å²) in [6, 6.07) is 8.86. The fraction of sp³-hybridized carbons (Fsp3) is 0.565. The van der Waals surface area contributed by atoms with Gasteiger partial charge in [0.1, 0.15) is 5.82 Å². The van der Waals surface area contributed by atoms with Crippen molar-refractivity contribution in [2.45, 2.75) is 58.0 Å². The van der Waals surface area contributed by atoms with E-state index in [0.717, 1.165) is 51.3 Å². The van der Waals surface area contributed by atoms with Crippen molar-refractivity contribution in [3.05, 3.63) is 48.0 Å². The lowest BCUT2D eigenvalue weighted by atomic mass is 10.1. The van der Waals surface area contributed by atoms with Crippen LogP contribution in [-0.4, -0.2) is 46.7 Å². The van der Waals surface area contributed by atoms with Crippen LogP contribution in [0.4, 0.5) is 10.5 Å². The number of rotatable bonds is 5. The maximum atomic E-state index is 12.9. The van der Waals surface area contributed by atoms with Crippen molar-refractivity contribution < 1.29 is 4.79 Å². The molecule has 0 bridgehead atoms. The number of anilines is 1. The molecule has 2 aromatic rings. The number of carbonyl (C=O) groups is 1. The first-order valence-corrected chi connectivity index (χ1v) is 11.1. The maximum absolute atomic E-state index is 12.9. The molecule has 1 atom stereocenters. The van der Waals surface area contributed by atoms with Crippen molar-refractivity contribution in [1.82, 2.24) is 19.8 Å². The van der Waals surface area contributed by atoms with Gasteiger partial charge in [-0.1, -0.05) is 25.1 Å². The van der Waals surface area contributed by atoms with Crippen molar-refractivity contribution in [3.63, 3.8) is 0 Å². The standard InChI is InChI=1S/C23H33N5O/c1-2-22-24-12-16-28(22)20-10-8-15-27(18-20)23(29)25-17-19-9-4-5-11-21(19)26-13-6-3-7-14-26/h4-5,9,11-12,16,20H,2-3,6-8,10,13-15,17-18H2,1H3,(H,25,29). The van der Waals surface area contributed by atoms with Crippen LogP contribution in [0.25, 0.3) is 0 Å². The predicted octanol–water partition coefficient (Wildman–Crippen LogP) is 3.98. The predicted molar refractivity (Wildman–Crippen MR) is 116 cm³/mol. The van der Waals surface area contributed by atoms with Crippen LogP contribution in [0.2, 0.25) is 0 Å². The van der Waals surface area contributed by atoms with Crippen molar-refractivity contribution in [2.75, 3.05) is 31.1 Å². The molecule has 1 aromatic carbocycles. The minimum Gasteiger partial charge on any atom is -0.371 e. The van der Waals surface area contributed by atoms with Gasteiger partial charge in [0.25, 0.3) is 0 Å². The lowest BCUT2D eigenvalue weighted by molar-refractivity contribution is 0.165. The summed E-state index contributed by atoms with van der Waals surface area (Å²) in [6.45, 7) is 6.52. The van der Waals surface area contributed by atoms with Crippen LogP contribution in [0.3, 0.4) is 0 Å². The molecule has 29 heavy (non-hydrogen) atoms. The first-order chi connectivity index (χ1) is 14.3. The molecule has 0 spiro atoms. The first kappa shape index (κ1) is 19.8. The van der Waals surface area contributed by atoms with E-state index in [4.69, 9.17) is 0 Å². The van der Waals surface area contributed by atoms with E-state index < -0.39 is 0 Å². The maximum Gasteiger partial charge on any atom is 0.317 e. The van der Waals surface area contributed by atoms with Gasteiger partial charge < -0.3 is 19.7 Å². The molecule has 6 heteroatoms. The summed E-state index contributed by atoms with van der Waals surface area (Å²) in [5.41, 5.74) is 2.48. The fourth-order valence-corrected chi connectivity index (χ4v) is 4.70. The molecule has 1 unspecified atom stereocenters. The van der Waals surface area contributed by atoms with Crippen molar-refractivity contribution >= 4 is 11.7 Å². The lowest BCUT2D eigenvalue weighted by Crippen LogP contribution is -2.46. The van der Waals surface area contributed by atoms with Crippen LogP contribution in [-0.2, 0) is 13.0 Å². The molecule has 2 fully saturated rings. The number of likely N-dealkylation sites (tertiary alicyclic amines) is 1. The second-order valence-corrected chi connectivity index (χ2v) is 8.18. The van der Waals surface area contributed by atoms with E-state index in [9.17, 15) is 4.79 Å². The van der Waals surface area contributed by atoms with E-state index in [1.807, 2.05) is 11.1 Å². The third-order valence-electron chi connectivity index (χ3n) is 6.26. The van der Waals surface area contributed by atoms with Gasteiger partial charge in [0.05, 0.1) is 6.04 Å². The fourth-order valence-electron chi connectivity index (χ4n) is 4.70. The summed E-state index contributed by atoms with van der Waals surface area (Å²) in [6.07, 6.45) is 10.8. The van der Waals surface area contributed by atoms with Crippen LogP contribution < -0.4 is 10.2 Å². The quantitative estimate of drug-likeness (QED) is 0.833. The number of para-hydroxylation sites is 1. The molecule has 1 aromatic heterocycles. The van der Waals surface area contributed by atoms with E-state index in [1.54, 1.807) is 0 Å². The first-order valence-electron chi connectivity index (χ1n) is 11.1. The molecule has 6 nitrogen and oxygen atoms in total. The summed E-state index contributed by atoms with van der Waals surface area (Å²) >= 11 is 0. The summed E-state index contributed by atoms with van der Waals surface area (Å²) < 4.78 is 2.26. The van der Waals surface area contributed by atoms with Gasteiger partial charge in [0.2, 0.25) is 0 Å². The van der Waals surface area contributed by atoms with Gasteiger partial charge in [0, 0.05) is 57.2 Å². The van der Waals surface area contributed by atoms with Gasteiger partial charge in [-0.2, -0.15) is 0 Å². The Morgan fingerprint density at radius 2 is 1.97 bits per heavy atom. The van der Waals surface area contributed by atoms with Crippen molar-refractivity contribution in [1.29, 1.82) is 0 Å². The SMILES string of the molecule is CCc1nccn1C1CCCN(C(=O)NCc2ccccc2N2CCCCC2)C1. The van der Waals surface area contributed by atoms with Crippen LogP contribution in [0, 0.1) is 0 Å². The topological polar surface area (TPSA) is 53.4 Å². The molecule has 2 amide bonds. The highest BCUT2D eigenvalue weighted by molar-refractivity contribution is 5.74. The molecular weight excluding hydrogens is 362 g/mol. The molecule has 4 rings (SSSR count). The number of benzene rings is 1. The molecule has 156 valence electrons. The van der Waals surface area contributed by atoms with Crippen LogP contribution in [0.15, 0.2) is 36.7 Å². The Kier molecular flexibility index (Phi) is 6.37. The summed E-state index contributed by atoms with van der Waals surface area (Å²) in [5, 5.41) is 3.18. The Bertz CT molecular complexity index is 811. The Labute approximate surface area is 173 Å². The molecule has 3 heterocycles. The number of aryl methyl sites for hydroxylation is 1. The highest BCUT2D eigenvalue weighted by Crippen LogP contribution is 2.25. The van der Waals surface area contributed by atoms with E-state index in [-0.39, 0.29) is 6.03 Å². The lowest BCUT2D eigenvalue weighted by Gasteiger charge is -2.34. The van der Waals surface area contributed by atoms with E-state index in [1.165, 1.54) is 30.5 Å². The molecule has 2 aliphatic rings. The van der Waals surface area contributed by atoms with Gasteiger partial charge in [-0.15, -0.1) is 0 Å². The van der Waals surface area contributed by atoms with Crippen molar-refractivity contribution in [2.24, 2.45) is 0 Å². The van der Waals surface area contributed by atoms with Gasteiger partial charge >= 0.3 is 6.03 Å². The minimum absolute atomic E-state index is 0.0429. The number of piperidine rings is 2. The van der Waals surface area contributed by atoms with Gasteiger partial charge in [-0.3, -0.25) is 0 Å². The number of nitrogens with one attached hydrogen (secondary N) is 1. The molecule has 0 saturated carbocycles. The van der Waals surface area contributed by atoms with Gasteiger partial charge in [0.15, 0.2) is 0 Å². The number of amides is 2. The highest BCUT2D eigenvalue weighted by atomic mass is 16.2. The third-order valence-corrected chi connectivity index (χ3v) is 6.26. The van der Waals surface area contributed by atoms with E-state index in [0.29, 0.717) is 12.6 Å². The largest absolute Gasteiger partial charge is 0.371 e. The molecule has 0 aliphatic carbocycles. The summed E-state index contributed by atoms with van der Waals surface area (Å²) in [4.78, 5) is 21.8. The molecule has 0 radical (unpaired) electrons. The number of aromatic nitrogens is 2. The summed E-state index contributed by atoms with van der Waals surface area (Å²) in [5.74, 6) is 1.10. The van der Waals surface area contributed by atoms with Crippen LogP contribution >= 0.6 is 0 Å². The second kappa shape index (κ2) is 9.33. The number of urea groups is 1. The molecule has 1 N–H and O–H groups in total. The van der Waals surface area contributed by atoms with Crippen molar-refractivity contribution in [3.8, 4) is 0 Å². The Hall–Kier alpha value is -2.50. The number of carbonyl (C=O) groups excluding carboxylic acids is 1. The van der Waals surface area contributed by atoms with Gasteiger partial charge in [-0.25, -0.2) is 9.78 Å². The van der Waals surface area contributed by atoms with Crippen LogP contribution in [0.5, 0.6) is 0 Å². The number of nitrogens with zero attached hydrogens (tertiary/aromatic N) is 4. The molecule has 2 saturated heterocycles. The number of hydrogen-bond acceptors (Lipinski definition) is 3. The highest BCUT2D eigenvalue weighted by Gasteiger charge is 2.26. The zero-order valence-corrected chi connectivity index (χ0v) is 17.5. The van der Waals surface area contributed by atoms with E-state index >= 15 is 0 Å². The van der Waals surface area contributed by atoms with Gasteiger partial charge in [-0.05, 0) is 43.7 Å². The Balaban J connectivity index is 1.37. The zero-order valence-electron chi connectivity index (χ0n) is 17.5. The number of hydrogen-bond donors (Lipinski definition) is 1. The average molecular weight is 396 g/mol. The zero-order chi connectivity index (χ0) is 20.1. The normalized spacial score (nSPS) is 20.0. The third kappa shape index (κ3) is 4.57. The minimum atomic E-state index is 0.0429.